The number of rotatable bonds is 1. The molecule has 0 amide bonds. The fourth-order valence-corrected chi connectivity index (χ4v) is 2.37. The first-order chi connectivity index (χ1) is 9.16. The summed E-state index contributed by atoms with van der Waals surface area (Å²) in [6, 6.07) is 7.77. The minimum atomic E-state index is -0.538. The van der Waals surface area contributed by atoms with Gasteiger partial charge < -0.3 is 10.5 Å². The number of aromatic nitrogens is 2. The Bertz CT molecular complexity index is 607. The Morgan fingerprint density at radius 1 is 1.32 bits per heavy atom. The molecule has 1 aliphatic heterocycles. The average Bonchev–Trinajstić information content (AvgIpc) is 2.43. The van der Waals surface area contributed by atoms with E-state index in [1.807, 2.05) is 24.3 Å². The number of halogens is 1. The Hall–Kier alpha value is -2.17. The van der Waals surface area contributed by atoms with Gasteiger partial charge in [-0.25, -0.2) is 14.4 Å². The quantitative estimate of drug-likeness (QED) is 0.854. The number of nitrogens with zero attached hydrogens (tertiary/aromatic N) is 2. The molecule has 19 heavy (non-hydrogen) atoms. The van der Waals surface area contributed by atoms with Gasteiger partial charge in [-0.3, -0.25) is 0 Å². The van der Waals surface area contributed by atoms with E-state index in [9.17, 15) is 4.39 Å². The van der Waals surface area contributed by atoms with Crippen LogP contribution in [0.3, 0.4) is 0 Å². The van der Waals surface area contributed by atoms with Crippen molar-refractivity contribution >= 4 is 5.82 Å². The summed E-state index contributed by atoms with van der Waals surface area (Å²) >= 11 is 0. The number of fused-ring (bicyclic) bond motifs is 1. The van der Waals surface area contributed by atoms with Gasteiger partial charge in [-0.1, -0.05) is 18.2 Å². The third kappa shape index (κ3) is 2.01. The Kier molecular flexibility index (Phi) is 2.81. The fourth-order valence-electron chi connectivity index (χ4n) is 2.37. The molecule has 0 bridgehead atoms. The van der Waals surface area contributed by atoms with Crippen molar-refractivity contribution in [1.82, 2.24) is 9.97 Å². The predicted octanol–water partition coefficient (Wildman–Crippen LogP) is 2.42. The van der Waals surface area contributed by atoms with E-state index in [2.05, 4.69) is 9.97 Å². The first-order valence-corrected chi connectivity index (χ1v) is 6.18. The van der Waals surface area contributed by atoms with Gasteiger partial charge in [-0.05, 0) is 19.4 Å². The van der Waals surface area contributed by atoms with Gasteiger partial charge in [0.15, 0.2) is 11.6 Å². The number of hydrogen-bond donors (Lipinski definition) is 1. The highest BCUT2D eigenvalue weighted by Gasteiger charge is 2.26. The predicted molar refractivity (Wildman–Crippen MR) is 69.5 cm³/mol. The van der Waals surface area contributed by atoms with Crippen LogP contribution in [0.15, 0.2) is 24.3 Å². The number of nitrogen functional groups attached to an aromatic ring is 1. The van der Waals surface area contributed by atoms with Gasteiger partial charge in [-0.15, -0.1) is 0 Å². The SMILES string of the molecule is Cc1nc(C2CCOc3ccccc32)nc(N)c1F. The van der Waals surface area contributed by atoms with E-state index in [-0.39, 0.29) is 17.4 Å². The van der Waals surface area contributed by atoms with Crippen LogP contribution >= 0.6 is 0 Å². The molecule has 0 spiro atoms. The van der Waals surface area contributed by atoms with Gasteiger partial charge in [0, 0.05) is 5.56 Å². The van der Waals surface area contributed by atoms with E-state index < -0.39 is 5.82 Å². The van der Waals surface area contributed by atoms with Crippen molar-refractivity contribution in [2.45, 2.75) is 19.3 Å². The maximum atomic E-state index is 13.5. The fraction of sp³-hybridized carbons (Fsp3) is 0.286. The molecule has 0 aliphatic carbocycles. The highest BCUT2D eigenvalue weighted by Crippen LogP contribution is 2.36. The average molecular weight is 259 g/mol. The maximum absolute atomic E-state index is 13.5. The van der Waals surface area contributed by atoms with Crippen LogP contribution in [0.2, 0.25) is 0 Å². The molecule has 1 aromatic carbocycles. The second-order valence-electron chi connectivity index (χ2n) is 4.59. The molecule has 5 heteroatoms. The highest BCUT2D eigenvalue weighted by molar-refractivity contribution is 5.42. The third-order valence-corrected chi connectivity index (χ3v) is 3.33. The van der Waals surface area contributed by atoms with Crippen molar-refractivity contribution < 1.29 is 9.13 Å². The van der Waals surface area contributed by atoms with Crippen LogP contribution in [0.4, 0.5) is 10.2 Å². The standard InChI is InChI=1S/C14H14FN3O/c1-8-12(15)13(16)18-14(17-8)10-6-7-19-11-5-3-2-4-9(10)11/h2-5,10H,6-7H2,1H3,(H2,16,17,18). The summed E-state index contributed by atoms with van der Waals surface area (Å²) in [6.45, 7) is 2.20. The van der Waals surface area contributed by atoms with Gasteiger partial charge >= 0.3 is 0 Å². The molecule has 2 aromatic rings. The van der Waals surface area contributed by atoms with E-state index in [4.69, 9.17) is 10.5 Å². The van der Waals surface area contributed by atoms with E-state index in [0.717, 1.165) is 17.7 Å². The summed E-state index contributed by atoms with van der Waals surface area (Å²) in [4.78, 5) is 8.33. The van der Waals surface area contributed by atoms with Gasteiger partial charge in [0.05, 0.1) is 18.2 Å². The number of ether oxygens (including phenoxy) is 1. The molecule has 1 unspecified atom stereocenters. The highest BCUT2D eigenvalue weighted by atomic mass is 19.1. The maximum Gasteiger partial charge on any atom is 0.186 e. The largest absolute Gasteiger partial charge is 0.493 e. The zero-order valence-electron chi connectivity index (χ0n) is 10.6. The molecular formula is C14H14FN3O. The Morgan fingerprint density at radius 2 is 2.11 bits per heavy atom. The Labute approximate surface area is 110 Å². The van der Waals surface area contributed by atoms with Crippen LogP contribution in [0, 0.1) is 12.7 Å². The van der Waals surface area contributed by atoms with Gasteiger partial charge in [0.25, 0.3) is 0 Å². The van der Waals surface area contributed by atoms with Crippen molar-refractivity contribution in [3.8, 4) is 5.75 Å². The van der Waals surface area contributed by atoms with Crippen LogP contribution in [0.25, 0.3) is 0 Å². The van der Waals surface area contributed by atoms with Crippen molar-refractivity contribution in [3.63, 3.8) is 0 Å². The third-order valence-electron chi connectivity index (χ3n) is 3.33. The monoisotopic (exact) mass is 259 g/mol. The summed E-state index contributed by atoms with van der Waals surface area (Å²) in [7, 11) is 0. The van der Waals surface area contributed by atoms with E-state index >= 15 is 0 Å². The molecule has 0 saturated heterocycles. The van der Waals surface area contributed by atoms with Gasteiger partial charge in [0.2, 0.25) is 0 Å². The van der Waals surface area contributed by atoms with Crippen LogP contribution < -0.4 is 10.5 Å². The molecule has 0 radical (unpaired) electrons. The zero-order valence-corrected chi connectivity index (χ0v) is 10.6. The molecular weight excluding hydrogens is 245 g/mol. The lowest BCUT2D eigenvalue weighted by Crippen LogP contribution is -2.18. The summed E-state index contributed by atoms with van der Waals surface area (Å²) in [5.41, 5.74) is 6.90. The van der Waals surface area contributed by atoms with E-state index in [1.165, 1.54) is 0 Å². The Morgan fingerprint density at radius 3 is 2.89 bits per heavy atom. The molecule has 1 aliphatic rings. The smallest absolute Gasteiger partial charge is 0.186 e. The molecule has 4 nitrogen and oxygen atoms in total. The molecule has 1 aromatic heterocycles. The molecule has 3 rings (SSSR count). The van der Waals surface area contributed by atoms with E-state index in [1.54, 1.807) is 6.92 Å². The molecule has 2 N–H and O–H groups in total. The lowest BCUT2D eigenvalue weighted by molar-refractivity contribution is 0.274. The normalized spacial score (nSPS) is 17.7. The van der Waals surface area contributed by atoms with Gasteiger partial charge in [-0.2, -0.15) is 0 Å². The second-order valence-corrected chi connectivity index (χ2v) is 4.59. The number of benzene rings is 1. The number of anilines is 1. The number of nitrogens with two attached hydrogens (primary N) is 1. The van der Waals surface area contributed by atoms with Crippen LogP contribution in [-0.4, -0.2) is 16.6 Å². The Balaban J connectivity index is 2.09. The molecule has 0 saturated carbocycles. The first kappa shape index (κ1) is 11.9. The molecule has 2 heterocycles. The van der Waals surface area contributed by atoms with Crippen molar-refractivity contribution in [2.75, 3.05) is 12.3 Å². The lowest BCUT2D eigenvalue weighted by atomic mass is 9.92. The molecule has 1 atom stereocenters. The van der Waals surface area contributed by atoms with E-state index in [0.29, 0.717) is 12.4 Å². The summed E-state index contributed by atoms with van der Waals surface area (Å²) in [5.74, 6) is 0.775. The summed E-state index contributed by atoms with van der Waals surface area (Å²) < 4.78 is 19.1. The lowest BCUT2D eigenvalue weighted by Gasteiger charge is -2.25. The first-order valence-electron chi connectivity index (χ1n) is 6.18. The van der Waals surface area contributed by atoms with Crippen molar-refractivity contribution in [2.24, 2.45) is 0 Å². The number of hydrogen-bond acceptors (Lipinski definition) is 4. The minimum absolute atomic E-state index is 0.00606. The topological polar surface area (TPSA) is 61.0 Å². The minimum Gasteiger partial charge on any atom is -0.493 e. The van der Waals surface area contributed by atoms with Crippen LogP contribution in [-0.2, 0) is 0 Å². The summed E-state index contributed by atoms with van der Waals surface area (Å²) in [6.07, 6.45) is 0.765. The number of aryl methyl sites for hydroxylation is 1. The molecule has 0 fully saturated rings. The zero-order chi connectivity index (χ0) is 13.4. The summed E-state index contributed by atoms with van der Waals surface area (Å²) in [5, 5.41) is 0. The van der Waals surface area contributed by atoms with Crippen LogP contribution in [0.1, 0.15) is 29.4 Å². The van der Waals surface area contributed by atoms with Crippen molar-refractivity contribution in [1.29, 1.82) is 0 Å². The molecule has 98 valence electrons. The van der Waals surface area contributed by atoms with Crippen LogP contribution in [0.5, 0.6) is 5.75 Å². The number of para-hydroxylation sites is 1. The second kappa shape index (κ2) is 4.50. The van der Waals surface area contributed by atoms with Gasteiger partial charge in [0.1, 0.15) is 11.6 Å². The van der Waals surface area contributed by atoms with Crippen molar-refractivity contribution in [3.05, 3.63) is 47.2 Å².